The topological polar surface area (TPSA) is 119 Å². The molecule has 4 heterocycles. The molecule has 0 atom stereocenters. The number of benzene rings is 2. The zero-order valence-corrected chi connectivity index (χ0v) is 22.4. The van der Waals surface area contributed by atoms with E-state index >= 15 is 0 Å². The molecule has 0 saturated carbocycles. The number of nitrogens with one attached hydrogen (secondary N) is 2. The first-order valence-electron chi connectivity index (χ1n) is 13.0. The Hall–Kier alpha value is -4.00. The van der Waals surface area contributed by atoms with Crippen LogP contribution in [0.25, 0.3) is 27.7 Å². The summed E-state index contributed by atoms with van der Waals surface area (Å²) in [6.45, 7) is 6.78. The molecule has 1 fully saturated rings. The third-order valence-electron chi connectivity index (χ3n) is 6.88. The lowest BCUT2D eigenvalue weighted by Crippen LogP contribution is -2.38. The molecule has 1 saturated heterocycles. The number of anilines is 3. The van der Waals surface area contributed by atoms with Crippen molar-refractivity contribution >= 4 is 43.8 Å². The van der Waals surface area contributed by atoms with Crippen molar-refractivity contribution in [3.05, 3.63) is 67.0 Å². The van der Waals surface area contributed by atoms with E-state index < -0.39 is 10.0 Å². The van der Waals surface area contributed by atoms with E-state index in [9.17, 15) is 8.42 Å². The lowest BCUT2D eigenvalue weighted by Gasteiger charge is -2.26. The molecule has 0 bridgehead atoms. The average molecular weight is 547 g/mol. The van der Waals surface area contributed by atoms with Crippen LogP contribution in [0.3, 0.4) is 0 Å². The van der Waals surface area contributed by atoms with Gasteiger partial charge in [0.25, 0.3) is 0 Å². The van der Waals surface area contributed by atoms with Gasteiger partial charge in [-0.05, 0) is 43.3 Å². The second-order valence-corrected chi connectivity index (χ2v) is 11.4. The highest BCUT2D eigenvalue weighted by molar-refractivity contribution is 7.92. The number of aromatic nitrogens is 5. The van der Waals surface area contributed by atoms with Crippen LogP contribution in [-0.2, 0) is 21.3 Å². The van der Waals surface area contributed by atoms with Crippen LogP contribution in [0.15, 0.2) is 67.0 Å². The Morgan fingerprint density at radius 3 is 2.69 bits per heavy atom. The Morgan fingerprint density at radius 2 is 1.85 bits per heavy atom. The van der Waals surface area contributed by atoms with Crippen molar-refractivity contribution in [1.82, 2.24) is 29.3 Å². The Morgan fingerprint density at radius 1 is 1.00 bits per heavy atom. The van der Waals surface area contributed by atoms with Crippen LogP contribution in [0, 0.1) is 0 Å². The van der Waals surface area contributed by atoms with Gasteiger partial charge in [-0.2, -0.15) is 5.10 Å². The summed E-state index contributed by atoms with van der Waals surface area (Å²) in [6.07, 6.45) is 3.63. The van der Waals surface area contributed by atoms with E-state index in [1.165, 1.54) is 0 Å². The number of hydrogen-bond acceptors (Lipinski definition) is 8. The smallest absolute Gasteiger partial charge is 0.245 e. The molecule has 1 aliphatic rings. The van der Waals surface area contributed by atoms with E-state index in [1.807, 2.05) is 47.3 Å². The normalized spacial score (nSPS) is 14.7. The summed E-state index contributed by atoms with van der Waals surface area (Å²) in [4.78, 5) is 6.89. The number of rotatable bonds is 9. The minimum atomic E-state index is -3.44. The molecule has 0 radical (unpaired) electrons. The van der Waals surface area contributed by atoms with Crippen LogP contribution in [0.2, 0.25) is 0 Å². The summed E-state index contributed by atoms with van der Waals surface area (Å²) < 4.78 is 36.4. The second kappa shape index (κ2) is 10.6. The maximum absolute atomic E-state index is 12.3. The van der Waals surface area contributed by atoms with Crippen molar-refractivity contribution in [1.29, 1.82) is 0 Å². The molecule has 2 N–H and O–H groups in total. The molecular weight excluding hydrogens is 516 g/mol. The highest BCUT2D eigenvalue weighted by atomic mass is 32.2. The van der Waals surface area contributed by atoms with Gasteiger partial charge >= 0.3 is 0 Å². The fourth-order valence-corrected chi connectivity index (χ4v) is 5.37. The number of fused-ring (bicyclic) bond motifs is 2. The molecule has 0 aliphatic carbocycles. The van der Waals surface area contributed by atoms with Crippen LogP contribution in [0.4, 0.5) is 17.3 Å². The van der Waals surface area contributed by atoms with E-state index in [1.54, 1.807) is 29.8 Å². The van der Waals surface area contributed by atoms with Crippen LogP contribution in [0.1, 0.15) is 6.92 Å². The predicted molar refractivity (Wildman–Crippen MR) is 152 cm³/mol. The minimum Gasteiger partial charge on any atom is -0.379 e. The number of ether oxygens (including phenoxy) is 1. The SMILES string of the molecule is CCS(=O)(=O)Nc1ccccc1-c1ccc2cnc(Nc3ccc4cnn(CCN5CCOCC5)c4c3)nn12. The van der Waals surface area contributed by atoms with Crippen molar-refractivity contribution in [2.45, 2.75) is 13.5 Å². The van der Waals surface area contributed by atoms with Gasteiger partial charge in [0.05, 0.1) is 60.3 Å². The quantitative estimate of drug-likeness (QED) is 0.288. The number of hydrogen-bond donors (Lipinski definition) is 2. The molecule has 39 heavy (non-hydrogen) atoms. The molecular formula is C27H30N8O3S. The summed E-state index contributed by atoms with van der Waals surface area (Å²) in [5.74, 6) is 0.411. The zero-order chi connectivity index (χ0) is 26.8. The van der Waals surface area contributed by atoms with Gasteiger partial charge in [-0.3, -0.25) is 14.3 Å². The first-order valence-corrected chi connectivity index (χ1v) is 14.6. The third-order valence-corrected chi connectivity index (χ3v) is 8.17. The van der Waals surface area contributed by atoms with Gasteiger partial charge < -0.3 is 10.1 Å². The summed E-state index contributed by atoms with van der Waals surface area (Å²) >= 11 is 0. The number of sulfonamides is 1. The van der Waals surface area contributed by atoms with Crippen molar-refractivity contribution in [3.8, 4) is 11.3 Å². The van der Waals surface area contributed by atoms with Gasteiger partial charge in [0.2, 0.25) is 16.0 Å². The standard InChI is InChI=1S/C27H30N8O3S/c1-2-39(36,37)32-24-6-4-3-5-23(24)25-10-9-22-19-28-27(31-35(22)25)30-21-8-7-20-18-29-34(26(20)17-21)12-11-33-13-15-38-16-14-33/h3-10,17-19,32H,2,11-16H2,1H3,(H,30,31). The first-order chi connectivity index (χ1) is 19.0. The zero-order valence-electron chi connectivity index (χ0n) is 21.6. The molecule has 2 aromatic carbocycles. The van der Waals surface area contributed by atoms with Crippen molar-refractivity contribution < 1.29 is 13.2 Å². The van der Waals surface area contributed by atoms with E-state index in [2.05, 4.69) is 31.1 Å². The maximum atomic E-state index is 12.3. The van der Waals surface area contributed by atoms with Crippen molar-refractivity contribution in [3.63, 3.8) is 0 Å². The van der Waals surface area contributed by atoms with Gasteiger partial charge in [-0.25, -0.2) is 17.9 Å². The molecule has 0 spiro atoms. The van der Waals surface area contributed by atoms with Crippen molar-refractivity contribution in [2.75, 3.05) is 48.6 Å². The average Bonchev–Trinajstić information content (AvgIpc) is 3.56. The lowest BCUT2D eigenvalue weighted by molar-refractivity contribution is 0.0361. The molecule has 0 unspecified atom stereocenters. The van der Waals surface area contributed by atoms with Gasteiger partial charge in [0, 0.05) is 36.3 Å². The maximum Gasteiger partial charge on any atom is 0.245 e. The lowest BCUT2D eigenvalue weighted by atomic mass is 10.1. The predicted octanol–water partition coefficient (Wildman–Crippen LogP) is 3.58. The molecule has 12 heteroatoms. The van der Waals surface area contributed by atoms with E-state index in [4.69, 9.17) is 9.84 Å². The Balaban J connectivity index is 1.27. The second-order valence-electron chi connectivity index (χ2n) is 9.41. The van der Waals surface area contributed by atoms with E-state index in [0.29, 0.717) is 11.6 Å². The Labute approximate surface area is 226 Å². The highest BCUT2D eigenvalue weighted by Crippen LogP contribution is 2.30. The molecule has 5 aromatic rings. The largest absolute Gasteiger partial charge is 0.379 e. The molecule has 1 aliphatic heterocycles. The number of para-hydroxylation sites is 1. The summed E-state index contributed by atoms with van der Waals surface area (Å²) in [5.41, 5.74) is 4.66. The third kappa shape index (κ3) is 5.44. The van der Waals surface area contributed by atoms with Gasteiger partial charge in [-0.1, -0.05) is 18.2 Å². The Bertz CT molecular complexity index is 1720. The Kier molecular flexibility index (Phi) is 6.90. The summed E-state index contributed by atoms with van der Waals surface area (Å²) in [7, 11) is -3.44. The fraction of sp³-hybridized carbons (Fsp3) is 0.296. The minimum absolute atomic E-state index is 0.0110. The molecule has 6 rings (SSSR count). The first kappa shape index (κ1) is 25.3. The van der Waals surface area contributed by atoms with Crippen LogP contribution < -0.4 is 10.0 Å². The van der Waals surface area contributed by atoms with Gasteiger partial charge in [0.15, 0.2) is 0 Å². The summed E-state index contributed by atoms with van der Waals surface area (Å²) in [5, 5.41) is 13.7. The summed E-state index contributed by atoms with van der Waals surface area (Å²) in [6, 6.07) is 17.2. The van der Waals surface area contributed by atoms with Gasteiger partial charge in [-0.15, -0.1) is 5.10 Å². The number of nitrogens with zero attached hydrogens (tertiary/aromatic N) is 6. The van der Waals surface area contributed by atoms with Crippen LogP contribution in [-0.4, -0.2) is 76.3 Å². The van der Waals surface area contributed by atoms with Crippen molar-refractivity contribution in [2.24, 2.45) is 0 Å². The molecule has 3 aromatic heterocycles. The highest BCUT2D eigenvalue weighted by Gasteiger charge is 2.16. The molecule has 11 nitrogen and oxygen atoms in total. The van der Waals surface area contributed by atoms with Crippen LogP contribution >= 0.6 is 0 Å². The van der Waals surface area contributed by atoms with Crippen LogP contribution in [0.5, 0.6) is 0 Å². The van der Waals surface area contributed by atoms with E-state index in [0.717, 1.165) is 72.8 Å². The fourth-order valence-electron chi connectivity index (χ4n) is 4.71. The molecule has 0 amide bonds. The monoisotopic (exact) mass is 546 g/mol. The van der Waals surface area contributed by atoms with Gasteiger partial charge in [0.1, 0.15) is 0 Å². The number of morpholine rings is 1. The molecule has 202 valence electrons. The van der Waals surface area contributed by atoms with E-state index in [-0.39, 0.29) is 5.75 Å².